The molecule has 0 aliphatic carbocycles. The van der Waals surface area contributed by atoms with E-state index in [4.69, 9.17) is 0 Å². The van der Waals surface area contributed by atoms with Crippen LogP contribution < -0.4 is 0 Å². The Morgan fingerprint density at radius 1 is 1.15 bits per heavy atom. The third-order valence-corrected chi connectivity index (χ3v) is 5.43. The van der Waals surface area contributed by atoms with E-state index in [1.54, 1.807) is 11.8 Å². The van der Waals surface area contributed by atoms with Gasteiger partial charge in [0.2, 0.25) is 0 Å². The van der Waals surface area contributed by atoms with Crippen molar-refractivity contribution in [2.45, 2.75) is 50.5 Å². The highest BCUT2D eigenvalue weighted by atomic mass is 32.2. The number of hydrogen-bond acceptors (Lipinski definition) is 7. The van der Waals surface area contributed by atoms with Crippen LogP contribution in [0.2, 0.25) is 0 Å². The largest absolute Gasteiger partial charge is 0.314 e. The zero-order chi connectivity index (χ0) is 18.5. The number of rotatable bonds is 7. The molecule has 0 radical (unpaired) electrons. The van der Waals surface area contributed by atoms with Crippen LogP contribution in [0.15, 0.2) is 17.6 Å². The second-order valence-electron chi connectivity index (χ2n) is 7.08. The van der Waals surface area contributed by atoms with Gasteiger partial charge in [-0.3, -0.25) is 4.90 Å². The van der Waals surface area contributed by atoms with Crippen LogP contribution in [0.1, 0.15) is 42.9 Å². The Bertz CT molecular complexity index is 690. The zero-order valence-corrected chi connectivity index (χ0v) is 17.0. The van der Waals surface area contributed by atoms with Crippen LogP contribution in [0.4, 0.5) is 0 Å². The molecule has 0 unspecified atom stereocenters. The first kappa shape index (κ1) is 19.3. The number of thioether (sulfide) groups is 1. The van der Waals surface area contributed by atoms with Crippen molar-refractivity contribution in [2.24, 2.45) is 0 Å². The molecule has 8 heteroatoms. The van der Waals surface area contributed by atoms with Gasteiger partial charge in [-0.05, 0) is 53.2 Å². The molecule has 0 saturated carbocycles. The van der Waals surface area contributed by atoms with Crippen molar-refractivity contribution in [3.8, 4) is 0 Å². The first-order chi connectivity index (χ1) is 12.6. The number of piperidine rings is 1. The summed E-state index contributed by atoms with van der Waals surface area (Å²) < 4.78 is 2.30. The van der Waals surface area contributed by atoms with E-state index in [0.29, 0.717) is 5.92 Å². The number of likely N-dealkylation sites (tertiary alicyclic amines) is 1. The first-order valence-corrected chi connectivity index (χ1v) is 10.5. The minimum absolute atomic E-state index is 0.504. The fourth-order valence-corrected chi connectivity index (χ4v) is 3.85. The SMILES string of the molecule is CCn1c(CN(C)C)nnc1C1CCN(Cc2cnc(SC)nc2)CC1. The van der Waals surface area contributed by atoms with E-state index in [1.807, 2.05) is 18.6 Å². The Labute approximate surface area is 160 Å². The Morgan fingerprint density at radius 2 is 1.85 bits per heavy atom. The topological polar surface area (TPSA) is 63.0 Å². The van der Waals surface area contributed by atoms with E-state index in [2.05, 4.69) is 55.6 Å². The molecule has 0 bridgehead atoms. The average Bonchev–Trinajstić information content (AvgIpc) is 3.05. The summed E-state index contributed by atoms with van der Waals surface area (Å²) >= 11 is 1.58. The van der Waals surface area contributed by atoms with Crippen LogP contribution in [-0.4, -0.2) is 68.0 Å². The van der Waals surface area contributed by atoms with Crippen LogP contribution in [-0.2, 0) is 19.6 Å². The van der Waals surface area contributed by atoms with Gasteiger partial charge in [-0.25, -0.2) is 9.97 Å². The molecule has 0 atom stereocenters. The Balaban J connectivity index is 1.58. The molecule has 0 amide bonds. The van der Waals surface area contributed by atoms with Crippen LogP contribution in [0.25, 0.3) is 0 Å². The molecular weight excluding hydrogens is 346 g/mol. The highest BCUT2D eigenvalue weighted by Gasteiger charge is 2.26. The summed E-state index contributed by atoms with van der Waals surface area (Å²) in [6.07, 6.45) is 8.16. The van der Waals surface area contributed by atoms with Crippen molar-refractivity contribution in [3.63, 3.8) is 0 Å². The maximum absolute atomic E-state index is 4.54. The van der Waals surface area contributed by atoms with Crippen molar-refractivity contribution in [2.75, 3.05) is 33.4 Å². The van der Waals surface area contributed by atoms with Gasteiger partial charge in [0.1, 0.15) is 11.6 Å². The molecule has 26 heavy (non-hydrogen) atoms. The number of nitrogens with zero attached hydrogens (tertiary/aromatic N) is 7. The van der Waals surface area contributed by atoms with E-state index in [9.17, 15) is 0 Å². The Kier molecular flexibility index (Phi) is 6.61. The van der Waals surface area contributed by atoms with E-state index >= 15 is 0 Å². The second kappa shape index (κ2) is 8.92. The zero-order valence-electron chi connectivity index (χ0n) is 16.2. The monoisotopic (exact) mass is 375 g/mol. The Morgan fingerprint density at radius 3 is 2.42 bits per heavy atom. The second-order valence-corrected chi connectivity index (χ2v) is 7.86. The van der Waals surface area contributed by atoms with Crippen molar-refractivity contribution in [1.82, 2.24) is 34.5 Å². The van der Waals surface area contributed by atoms with Gasteiger partial charge < -0.3 is 9.47 Å². The molecular formula is C18H29N7S. The smallest absolute Gasteiger partial charge is 0.187 e. The fourth-order valence-electron chi connectivity index (χ4n) is 3.53. The molecule has 3 heterocycles. The third-order valence-electron chi connectivity index (χ3n) is 4.85. The summed E-state index contributed by atoms with van der Waals surface area (Å²) in [6, 6.07) is 0. The highest BCUT2D eigenvalue weighted by molar-refractivity contribution is 7.98. The van der Waals surface area contributed by atoms with E-state index < -0.39 is 0 Å². The van der Waals surface area contributed by atoms with E-state index in [0.717, 1.165) is 62.4 Å². The molecule has 1 fully saturated rings. The molecule has 142 valence electrons. The van der Waals surface area contributed by atoms with Crippen LogP contribution in [0, 0.1) is 0 Å². The van der Waals surface area contributed by atoms with Gasteiger partial charge in [0.05, 0.1) is 6.54 Å². The van der Waals surface area contributed by atoms with Gasteiger partial charge in [0.15, 0.2) is 5.16 Å². The van der Waals surface area contributed by atoms with Gasteiger partial charge in [-0.15, -0.1) is 10.2 Å². The van der Waals surface area contributed by atoms with Crippen LogP contribution in [0.3, 0.4) is 0 Å². The maximum Gasteiger partial charge on any atom is 0.187 e. The first-order valence-electron chi connectivity index (χ1n) is 9.24. The summed E-state index contributed by atoms with van der Waals surface area (Å²) in [5.74, 6) is 2.74. The quantitative estimate of drug-likeness (QED) is 0.543. The standard InChI is InChI=1S/C18H29N7S/c1-5-25-16(13-23(2)3)21-22-17(25)15-6-8-24(9-7-15)12-14-10-19-18(26-4)20-11-14/h10-11,15H,5-9,12-13H2,1-4H3. The van der Waals surface area contributed by atoms with Crippen molar-refractivity contribution in [3.05, 3.63) is 29.6 Å². The normalized spacial score (nSPS) is 16.5. The molecule has 1 saturated heterocycles. The molecule has 3 rings (SSSR count). The summed E-state index contributed by atoms with van der Waals surface area (Å²) in [4.78, 5) is 13.4. The maximum atomic E-state index is 4.54. The van der Waals surface area contributed by atoms with Crippen LogP contribution >= 0.6 is 11.8 Å². The van der Waals surface area contributed by atoms with Gasteiger partial charge in [0, 0.05) is 37.0 Å². The van der Waals surface area contributed by atoms with Gasteiger partial charge in [-0.1, -0.05) is 11.8 Å². The minimum atomic E-state index is 0.504. The predicted molar refractivity (Wildman–Crippen MR) is 104 cm³/mol. The van der Waals surface area contributed by atoms with Gasteiger partial charge in [0.25, 0.3) is 0 Å². The lowest BCUT2D eigenvalue weighted by Gasteiger charge is -2.31. The highest BCUT2D eigenvalue weighted by Crippen LogP contribution is 2.28. The summed E-state index contributed by atoms with van der Waals surface area (Å²) in [7, 11) is 4.14. The van der Waals surface area contributed by atoms with Gasteiger partial charge >= 0.3 is 0 Å². The molecule has 2 aromatic rings. The molecule has 0 aromatic carbocycles. The lowest BCUT2D eigenvalue weighted by Crippen LogP contribution is -2.33. The molecule has 1 aliphatic heterocycles. The summed E-state index contributed by atoms with van der Waals surface area (Å²) in [5.41, 5.74) is 1.19. The summed E-state index contributed by atoms with van der Waals surface area (Å²) in [6.45, 7) is 7.03. The minimum Gasteiger partial charge on any atom is -0.314 e. The van der Waals surface area contributed by atoms with Crippen LogP contribution in [0.5, 0.6) is 0 Å². The predicted octanol–water partition coefficient (Wildman–Crippen LogP) is 2.25. The Hall–Kier alpha value is -1.51. The molecule has 0 N–H and O–H groups in total. The third kappa shape index (κ3) is 4.61. The van der Waals surface area contributed by atoms with Gasteiger partial charge in [-0.2, -0.15) is 0 Å². The number of hydrogen-bond donors (Lipinski definition) is 0. The number of aromatic nitrogens is 5. The molecule has 1 aliphatic rings. The lowest BCUT2D eigenvalue weighted by molar-refractivity contribution is 0.199. The van der Waals surface area contributed by atoms with E-state index in [-0.39, 0.29) is 0 Å². The van der Waals surface area contributed by atoms with Crippen molar-refractivity contribution in [1.29, 1.82) is 0 Å². The summed E-state index contributed by atoms with van der Waals surface area (Å²) in [5, 5.41) is 9.82. The van der Waals surface area contributed by atoms with E-state index in [1.165, 1.54) is 5.56 Å². The van der Waals surface area contributed by atoms with Crippen molar-refractivity contribution >= 4 is 11.8 Å². The molecule has 0 spiro atoms. The molecule has 2 aromatic heterocycles. The lowest BCUT2D eigenvalue weighted by atomic mass is 9.95. The molecule has 7 nitrogen and oxygen atoms in total. The average molecular weight is 376 g/mol. The fraction of sp³-hybridized carbons (Fsp3) is 0.667. The van der Waals surface area contributed by atoms with Crippen molar-refractivity contribution < 1.29 is 0 Å².